The van der Waals surface area contributed by atoms with Gasteiger partial charge in [-0.2, -0.15) is 0 Å². The van der Waals surface area contributed by atoms with Gasteiger partial charge in [0.05, 0.1) is 0 Å². The molecule has 0 N–H and O–H groups in total. The second kappa shape index (κ2) is 24.2. The summed E-state index contributed by atoms with van der Waals surface area (Å²) in [5.74, 6) is -1.54. The Morgan fingerprint density at radius 2 is 0.553 bits per heavy atom. The molecule has 0 aliphatic carbocycles. The summed E-state index contributed by atoms with van der Waals surface area (Å²) in [7, 11) is 0. The third kappa shape index (κ3) is 10.6. The van der Waals surface area contributed by atoms with E-state index in [1.54, 1.807) is 24.3 Å². The van der Waals surface area contributed by atoms with Gasteiger partial charge in [0.2, 0.25) is 0 Å². The molecule has 4 amide bonds. The summed E-state index contributed by atoms with van der Waals surface area (Å²) in [4.78, 5) is 60.5. The van der Waals surface area contributed by atoms with Gasteiger partial charge in [0.25, 0.3) is 23.6 Å². The van der Waals surface area contributed by atoms with Crippen LogP contribution in [-0.2, 0) is 38.8 Å². The number of rotatable bonds is 28. The zero-order valence-electron chi connectivity index (χ0n) is 46.0. The Hall–Kier alpha value is -6.54. The molecule has 0 atom stereocenters. The van der Waals surface area contributed by atoms with Gasteiger partial charge in [-0.3, -0.25) is 29.0 Å². The fourth-order valence-corrected chi connectivity index (χ4v) is 12.7. The Bertz CT molecular complexity index is 3010. The number of hydrogen-bond acceptors (Lipinski definition) is 4. The van der Waals surface area contributed by atoms with Crippen molar-refractivity contribution in [3.63, 3.8) is 0 Å². The van der Waals surface area contributed by atoms with E-state index >= 15 is 0 Å². The largest absolute Gasteiger partial charge is 0.340 e. The highest BCUT2D eigenvalue weighted by Crippen LogP contribution is 2.39. The molecule has 0 bridgehead atoms. The van der Waals surface area contributed by atoms with Gasteiger partial charge in [-0.1, -0.05) is 129 Å². The van der Waals surface area contributed by atoms with Gasteiger partial charge in [-0.05, 0) is 159 Å². The van der Waals surface area contributed by atoms with E-state index in [4.69, 9.17) is 0 Å². The number of hydrogen-bond donors (Lipinski definition) is 0. The molecule has 0 saturated heterocycles. The van der Waals surface area contributed by atoms with Crippen LogP contribution in [0.3, 0.4) is 0 Å². The lowest BCUT2D eigenvalue weighted by atomic mass is 9.86. The third-order valence-electron chi connectivity index (χ3n) is 16.9. The van der Waals surface area contributed by atoms with Crippen molar-refractivity contribution in [2.24, 2.45) is 0 Å². The summed E-state index contributed by atoms with van der Waals surface area (Å²) in [6.07, 6.45) is 25.1. The maximum absolute atomic E-state index is 14.5. The second-order valence-electron chi connectivity index (χ2n) is 22.3. The van der Waals surface area contributed by atoms with E-state index in [2.05, 4.69) is 110 Å². The van der Waals surface area contributed by atoms with Crippen LogP contribution in [0.25, 0.3) is 54.4 Å². The van der Waals surface area contributed by atoms with Crippen molar-refractivity contribution in [1.82, 2.24) is 18.9 Å². The maximum atomic E-state index is 14.5. The number of aromatic nitrogens is 2. The van der Waals surface area contributed by atoms with E-state index in [1.807, 2.05) is 0 Å². The van der Waals surface area contributed by atoms with Crippen molar-refractivity contribution >= 4 is 78.0 Å². The summed E-state index contributed by atoms with van der Waals surface area (Å²) in [6.45, 7) is 10.8. The molecular formula is C68H80N4O4. The van der Waals surface area contributed by atoms with Crippen LogP contribution < -0.4 is 0 Å². The van der Waals surface area contributed by atoms with Crippen molar-refractivity contribution in [2.45, 2.75) is 182 Å². The molecule has 2 aromatic heterocycles. The highest BCUT2D eigenvalue weighted by Gasteiger charge is 2.39. The Morgan fingerprint density at radius 1 is 0.289 bits per heavy atom. The van der Waals surface area contributed by atoms with Crippen LogP contribution in [0.4, 0.5) is 0 Å². The normalized spacial score (nSPS) is 13.6. The molecule has 8 heteroatoms. The van der Waals surface area contributed by atoms with E-state index in [9.17, 15) is 19.2 Å². The maximum Gasteiger partial charge on any atom is 0.261 e. The highest BCUT2D eigenvalue weighted by atomic mass is 16.2. The van der Waals surface area contributed by atoms with Crippen molar-refractivity contribution in [2.75, 3.05) is 13.1 Å². The first-order valence-electron chi connectivity index (χ1n) is 29.6. The van der Waals surface area contributed by atoms with Gasteiger partial charge in [0.15, 0.2) is 0 Å². The first-order valence-corrected chi connectivity index (χ1v) is 29.6. The second-order valence-corrected chi connectivity index (χ2v) is 22.3. The minimum absolute atomic E-state index is 0.242. The standard InChI is InChI=1S/C68H80N4O4/c1-5-9-13-17-23-47-27-35-59-55(43-47)56-44-48(24-18-14-10-6-2)28-36-60(56)69(59)39-21-41-71-65(73)51-31-33-53-64-54(34-32-52(63(51)64)66(71)74)68(76)72(67(53)75)42-22-40-70-61-37-29-49(25-19-15-11-7-3)45-57(61)58-46-50(30-38-62(58)70)26-20-16-12-8-4/h27-38,43-46H,5-26,39-42H2,1-4H3. The molecule has 0 fully saturated rings. The predicted octanol–water partition coefficient (Wildman–Crippen LogP) is 16.9. The Morgan fingerprint density at radius 3 is 0.803 bits per heavy atom. The molecule has 396 valence electrons. The average Bonchev–Trinajstić information content (AvgIpc) is 3.97. The van der Waals surface area contributed by atoms with Crippen molar-refractivity contribution in [3.8, 4) is 0 Å². The van der Waals surface area contributed by atoms with Gasteiger partial charge in [0, 0.05) is 103 Å². The molecule has 8 aromatic rings. The highest BCUT2D eigenvalue weighted by molar-refractivity contribution is 6.33. The zero-order chi connectivity index (χ0) is 52.7. The number of benzene rings is 6. The summed E-state index contributed by atoms with van der Waals surface area (Å²) in [5, 5.41) is 5.91. The molecule has 0 spiro atoms. The fourth-order valence-electron chi connectivity index (χ4n) is 12.7. The average molecular weight is 1020 g/mol. The van der Waals surface area contributed by atoms with E-state index in [-0.39, 0.29) is 36.7 Å². The van der Waals surface area contributed by atoms with Crippen molar-refractivity contribution in [1.29, 1.82) is 0 Å². The molecule has 0 radical (unpaired) electrons. The van der Waals surface area contributed by atoms with Crippen LogP contribution in [0.15, 0.2) is 97.1 Å². The molecule has 0 unspecified atom stereocenters. The van der Waals surface area contributed by atoms with Gasteiger partial charge in [-0.25, -0.2) is 0 Å². The molecule has 2 aliphatic heterocycles. The topological polar surface area (TPSA) is 84.6 Å². The van der Waals surface area contributed by atoms with Gasteiger partial charge >= 0.3 is 0 Å². The third-order valence-corrected chi connectivity index (χ3v) is 16.9. The van der Waals surface area contributed by atoms with Gasteiger partial charge < -0.3 is 9.13 Å². The SMILES string of the molecule is CCCCCCc1ccc2c(c1)c1cc(CCCCCC)ccc1n2CCCN1C(=O)c2ccc3c4c(ccc(c24)C1=O)C(=O)N(CCCn1c2ccc(CCCCCC)cc2c2cc(CCCCCC)ccc21)C3=O. The number of imide groups is 2. The summed E-state index contributed by atoms with van der Waals surface area (Å²) in [6, 6.07) is 34.5. The van der Waals surface area contributed by atoms with Crippen LogP contribution in [0.2, 0.25) is 0 Å². The quantitative estimate of drug-likeness (QED) is 0.0361. The number of aryl methyl sites for hydroxylation is 6. The Balaban J connectivity index is 0.852. The molecule has 4 heterocycles. The fraction of sp³-hybridized carbons (Fsp3) is 0.441. The van der Waals surface area contributed by atoms with Crippen LogP contribution in [0, 0.1) is 0 Å². The van der Waals surface area contributed by atoms with Gasteiger partial charge in [-0.15, -0.1) is 0 Å². The van der Waals surface area contributed by atoms with E-state index in [1.165, 1.54) is 178 Å². The minimum Gasteiger partial charge on any atom is -0.340 e. The smallest absolute Gasteiger partial charge is 0.261 e. The molecule has 76 heavy (non-hydrogen) atoms. The first-order chi connectivity index (χ1) is 37.2. The molecule has 2 aliphatic rings. The van der Waals surface area contributed by atoms with Gasteiger partial charge in [0.1, 0.15) is 0 Å². The number of carbonyl (C=O) groups is 4. The monoisotopic (exact) mass is 1020 g/mol. The number of nitrogens with zero attached hydrogens (tertiary/aromatic N) is 4. The van der Waals surface area contributed by atoms with E-state index in [0.717, 1.165) is 25.7 Å². The molecule has 6 aromatic carbocycles. The molecule has 8 nitrogen and oxygen atoms in total. The zero-order valence-corrected chi connectivity index (χ0v) is 46.0. The minimum atomic E-state index is -0.385. The number of carbonyl (C=O) groups excluding carboxylic acids is 4. The van der Waals surface area contributed by atoms with Crippen molar-refractivity contribution < 1.29 is 19.2 Å². The Kier molecular flexibility index (Phi) is 16.8. The number of amides is 4. The summed E-state index contributed by atoms with van der Waals surface area (Å²) >= 11 is 0. The first kappa shape index (κ1) is 52.9. The molecule has 0 saturated carbocycles. The van der Waals surface area contributed by atoms with Crippen molar-refractivity contribution in [3.05, 3.63) is 142 Å². The predicted molar refractivity (Wildman–Crippen MR) is 314 cm³/mol. The lowest BCUT2D eigenvalue weighted by Crippen LogP contribution is -2.44. The van der Waals surface area contributed by atoms with E-state index in [0.29, 0.717) is 59.0 Å². The van der Waals surface area contributed by atoms with E-state index < -0.39 is 0 Å². The molecular weight excluding hydrogens is 937 g/mol. The van der Waals surface area contributed by atoms with Crippen LogP contribution in [0.1, 0.15) is 207 Å². The van der Waals surface area contributed by atoms with Crippen LogP contribution >= 0.6 is 0 Å². The van der Waals surface area contributed by atoms with Crippen LogP contribution in [-0.4, -0.2) is 55.7 Å². The lowest BCUT2D eigenvalue weighted by molar-refractivity contribution is 0.0585. The Labute approximate surface area is 450 Å². The summed E-state index contributed by atoms with van der Waals surface area (Å²) < 4.78 is 4.74. The van der Waals surface area contributed by atoms with Crippen LogP contribution in [0.5, 0.6) is 0 Å². The number of unbranched alkanes of at least 4 members (excludes halogenated alkanes) is 12. The summed E-state index contributed by atoms with van der Waals surface area (Å²) in [5.41, 5.74) is 11.6. The number of fused-ring (bicyclic) bond motifs is 6. The molecule has 10 rings (SSSR count). The lowest BCUT2D eigenvalue weighted by Gasteiger charge is -2.32.